The van der Waals surface area contributed by atoms with E-state index >= 15 is 4.39 Å². The third-order valence-corrected chi connectivity index (χ3v) is 10.2. The largest absolute Gasteiger partial charge is 0.508 e. The van der Waals surface area contributed by atoms with Gasteiger partial charge in [-0.3, -0.25) is 4.90 Å². The molecule has 3 saturated heterocycles. The lowest BCUT2D eigenvalue weighted by Crippen LogP contribution is -2.43. The van der Waals surface area contributed by atoms with Gasteiger partial charge in [0.15, 0.2) is 5.82 Å². The van der Waals surface area contributed by atoms with E-state index in [1.807, 2.05) is 0 Å². The van der Waals surface area contributed by atoms with Crippen LogP contribution in [-0.4, -0.2) is 89.0 Å². The number of alkyl halides is 2. The van der Waals surface area contributed by atoms with Crippen molar-refractivity contribution in [1.29, 1.82) is 0 Å². The first-order chi connectivity index (χ1) is 21.8. The average molecular weight is 624 g/mol. The van der Waals surface area contributed by atoms with Gasteiger partial charge < -0.3 is 24.2 Å². The number of nitrogens with zero attached hydrogens (tertiary/aromatic N) is 5. The first-order valence-corrected chi connectivity index (χ1v) is 15.9. The van der Waals surface area contributed by atoms with Crippen LogP contribution in [0.3, 0.4) is 0 Å². The molecule has 9 nitrogen and oxygen atoms in total. The normalized spacial score (nSPS) is 26.3. The first kappa shape index (κ1) is 28.8. The van der Waals surface area contributed by atoms with E-state index in [2.05, 4.69) is 26.3 Å². The molecular formula is C33H36F3N5O4. The molecule has 3 atom stereocenters. The van der Waals surface area contributed by atoms with Crippen LogP contribution < -0.4 is 14.4 Å². The summed E-state index contributed by atoms with van der Waals surface area (Å²) in [5.41, 5.74) is 1.75. The van der Waals surface area contributed by atoms with Gasteiger partial charge in [-0.15, -0.1) is 0 Å². The fraction of sp³-hybridized carbons (Fsp3) is 0.545. The lowest BCUT2D eigenvalue weighted by atomic mass is 9.79. The molecule has 238 valence electrons. The summed E-state index contributed by atoms with van der Waals surface area (Å²) in [5, 5.41) is 10.9. The number of aryl methyl sites for hydroxylation is 1. The van der Waals surface area contributed by atoms with E-state index in [4.69, 9.17) is 19.2 Å². The van der Waals surface area contributed by atoms with Crippen LogP contribution >= 0.6 is 0 Å². The molecule has 12 heteroatoms. The SMILES string of the molecule is C=C1CN2CCC[C@@]2(COc2nc3c4c(nc(-c5cc(O)cc6c5[C@@H](C(F)F)CCC6)c(F)c4n2)OC[C@@H]2COCCCN32)C1. The van der Waals surface area contributed by atoms with Crippen molar-refractivity contribution < 1.29 is 32.5 Å². The molecule has 45 heavy (non-hydrogen) atoms. The van der Waals surface area contributed by atoms with Gasteiger partial charge in [0.1, 0.15) is 41.4 Å². The van der Waals surface area contributed by atoms with Gasteiger partial charge >= 0.3 is 6.01 Å². The van der Waals surface area contributed by atoms with Gasteiger partial charge in [-0.25, -0.2) is 18.2 Å². The molecule has 0 bridgehead atoms. The quantitative estimate of drug-likeness (QED) is 0.376. The van der Waals surface area contributed by atoms with E-state index < -0.39 is 18.2 Å². The zero-order valence-electron chi connectivity index (χ0n) is 25.0. The summed E-state index contributed by atoms with van der Waals surface area (Å²) in [4.78, 5) is 18.5. The Labute approximate surface area is 259 Å². The van der Waals surface area contributed by atoms with Gasteiger partial charge in [-0.2, -0.15) is 9.97 Å². The molecule has 0 amide bonds. The molecule has 3 fully saturated rings. The number of anilines is 1. The van der Waals surface area contributed by atoms with Crippen LogP contribution in [0.4, 0.5) is 19.0 Å². The highest BCUT2D eigenvalue weighted by molar-refractivity contribution is 5.97. The minimum absolute atomic E-state index is 0.0347. The van der Waals surface area contributed by atoms with Crippen LogP contribution in [0.5, 0.6) is 17.6 Å². The number of aromatic hydroxyl groups is 1. The van der Waals surface area contributed by atoms with E-state index in [1.54, 1.807) is 0 Å². The van der Waals surface area contributed by atoms with Crippen molar-refractivity contribution in [1.82, 2.24) is 19.9 Å². The molecule has 8 rings (SSSR count). The van der Waals surface area contributed by atoms with Gasteiger partial charge in [0, 0.05) is 31.2 Å². The topological polar surface area (TPSA) is 93.1 Å². The van der Waals surface area contributed by atoms with Crippen LogP contribution in [0.15, 0.2) is 24.3 Å². The number of hydrogen-bond acceptors (Lipinski definition) is 9. The summed E-state index contributed by atoms with van der Waals surface area (Å²) in [7, 11) is 0. The second kappa shape index (κ2) is 11.0. The molecule has 5 aliphatic rings. The Hall–Kier alpha value is -3.64. The van der Waals surface area contributed by atoms with Crippen molar-refractivity contribution >= 4 is 16.7 Å². The molecule has 1 N–H and O–H groups in total. The minimum Gasteiger partial charge on any atom is -0.508 e. The Morgan fingerprint density at radius 1 is 1.13 bits per heavy atom. The summed E-state index contributed by atoms with van der Waals surface area (Å²) >= 11 is 0. The Morgan fingerprint density at radius 3 is 2.89 bits per heavy atom. The third-order valence-electron chi connectivity index (χ3n) is 10.2. The van der Waals surface area contributed by atoms with E-state index in [1.165, 1.54) is 12.1 Å². The number of pyridine rings is 1. The van der Waals surface area contributed by atoms with Crippen molar-refractivity contribution in [2.24, 2.45) is 0 Å². The maximum atomic E-state index is 16.9. The van der Waals surface area contributed by atoms with E-state index in [9.17, 15) is 13.9 Å². The van der Waals surface area contributed by atoms with E-state index in [0.29, 0.717) is 61.5 Å². The summed E-state index contributed by atoms with van der Waals surface area (Å²) in [6.07, 6.45) is 2.26. The lowest BCUT2D eigenvalue weighted by molar-refractivity contribution is 0.106. The molecule has 0 radical (unpaired) electrons. The van der Waals surface area contributed by atoms with Crippen LogP contribution in [0.1, 0.15) is 55.6 Å². The standard InChI is InChI=1S/C33H36F3N5O4/c1-18-13-33(7-3-8-40(33)14-18)17-45-32-38-28-25-30(39-32)41-9-4-10-43-15-20(41)16-44-31(25)37-27(26(28)34)23-12-21(42)11-19-5-2-6-22(24(19)23)29(35)36/h11-12,20,22,29,42H,1-10,13-17H2/t20-,22-,33-/m0/s1. The van der Waals surface area contributed by atoms with Crippen molar-refractivity contribution in [3.8, 4) is 28.9 Å². The smallest absolute Gasteiger partial charge is 0.319 e. The van der Waals surface area contributed by atoms with Crippen molar-refractivity contribution in [2.45, 2.75) is 68.9 Å². The Balaban J connectivity index is 1.30. The van der Waals surface area contributed by atoms with E-state index in [-0.39, 0.29) is 59.0 Å². The lowest BCUT2D eigenvalue weighted by Gasteiger charge is -2.31. The van der Waals surface area contributed by atoms with Crippen LogP contribution in [0, 0.1) is 5.82 Å². The molecule has 3 aromatic rings. The van der Waals surface area contributed by atoms with Gasteiger partial charge in [0.2, 0.25) is 12.3 Å². The molecule has 6 heterocycles. The number of benzene rings is 1. The number of rotatable bonds is 5. The van der Waals surface area contributed by atoms with Gasteiger partial charge in [-0.1, -0.05) is 12.2 Å². The highest BCUT2D eigenvalue weighted by Gasteiger charge is 2.47. The molecule has 0 saturated carbocycles. The molecule has 0 spiro atoms. The number of phenolic OH excluding ortho intramolecular Hbond substituents is 1. The molecule has 1 aliphatic carbocycles. The predicted molar refractivity (Wildman–Crippen MR) is 161 cm³/mol. The maximum absolute atomic E-state index is 16.9. The molecule has 4 aliphatic heterocycles. The fourth-order valence-corrected chi connectivity index (χ4v) is 8.17. The first-order valence-electron chi connectivity index (χ1n) is 15.9. The highest BCUT2D eigenvalue weighted by Crippen LogP contribution is 2.47. The zero-order chi connectivity index (χ0) is 30.9. The molecular weight excluding hydrogens is 587 g/mol. The second-order valence-corrected chi connectivity index (χ2v) is 13.1. The summed E-state index contributed by atoms with van der Waals surface area (Å²) in [5.74, 6) is -1.47. The predicted octanol–water partition coefficient (Wildman–Crippen LogP) is 5.38. The monoisotopic (exact) mass is 623 g/mol. The Bertz CT molecular complexity index is 1690. The second-order valence-electron chi connectivity index (χ2n) is 13.1. The zero-order valence-corrected chi connectivity index (χ0v) is 25.0. The summed E-state index contributed by atoms with van der Waals surface area (Å²) in [6.45, 7) is 8.14. The highest BCUT2D eigenvalue weighted by atomic mass is 19.3. The van der Waals surface area contributed by atoms with Crippen LogP contribution in [0.2, 0.25) is 0 Å². The number of aromatic nitrogens is 3. The molecule has 1 aromatic carbocycles. The van der Waals surface area contributed by atoms with Crippen molar-refractivity contribution in [3.63, 3.8) is 0 Å². The number of halogens is 3. The summed E-state index contributed by atoms with van der Waals surface area (Å²) < 4.78 is 64.0. The molecule has 2 aromatic heterocycles. The van der Waals surface area contributed by atoms with Crippen molar-refractivity contribution in [3.05, 3.63) is 41.2 Å². The van der Waals surface area contributed by atoms with Gasteiger partial charge in [0.25, 0.3) is 0 Å². The Morgan fingerprint density at radius 2 is 2.02 bits per heavy atom. The number of hydrogen-bond donors (Lipinski definition) is 1. The summed E-state index contributed by atoms with van der Waals surface area (Å²) in [6, 6.07) is 2.64. The van der Waals surface area contributed by atoms with Crippen molar-refractivity contribution in [2.75, 3.05) is 51.0 Å². The number of ether oxygens (including phenoxy) is 3. The Kier molecular flexibility index (Phi) is 7.05. The third kappa shape index (κ3) is 4.79. The molecule has 0 unspecified atom stereocenters. The van der Waals surface area contributed by atoms with E-state index in [0.717, 1.165) is 44.3 Å². The fourth-order valence-electron chi connectivity index (χ4n) is 8.17. The van der Waals surface area contributed by atoms with Gasteiger partial charge in [0.05, 0.1) is 18.2 Å². The van der Waals surface area contributed by atoms with Crippen LogP contribution in [0.25, 0.3) is 22.2 Å². The average Bonchev–Trinajstić information content (AvgIpc) is 3.37. The number of phenols is 1. The maximum Gasteiger partial charge on any atom is 0.319 e. The van der Waals surface area contributed by atoms with Crippen LogP contribution in [-0.2, 0) is 11.2 Å². The minimum atomic E-state index is -2.65. The van der Waals surface area contributed by atoms with Gasteiger partial charge in [-0.05, 0) is 74.8 Å². The number of fused-ring (bicyclic) bond motifs is 4.